The Morgan fingerprint density at radius 3 is 2.62 bits per heavy atom. The molecule has 0 fully saturated rings. The third-order valence-electron chi connectivity index (χ3n) is 3.43. The van der Waals surface area contributed by atoms with E-state index in [4.69, 9.17) is 0 Å². The van der Waals surface area contributed by atoms with Crippen LogP contribution in [0.2, 0.25) is 0 Å². The SMILES string of the molecule is [Cl-].[NH3+]CCc1c[nH]c2ccc(SCc3ccccc3)cc12. The third kappa shape index (κ3) is 3.82. The lowest BCUT2D eigenvalue weighted by Crippen LogP contribution is -3.00. The molecule has 0 aliphatic rings. The lowest BCUT2D eigenvalue weighted by molar-refractivity contribution is -0.366. The van der Waals surface area contributed by atoms with Crippen LogP contribution in [0.4, 0.5) is 0 Å². The van der Waals surface area contributed by atoms with E-state index in [2.05, 4.69) is 65.4 Å². The quantitative estimate of drug-likeness (QED) is 0.651. The van der Waals surface area contributed by atoms with Crippen molar-refractivity contribution in [3.63, 3.8) is 0 Å². The van der Waals surface area contributed by atoms with Gasteiger partial charge in [0.1, 0.15) is 0 Å². The van der Waals surface area contributed by atoms with Crippen LogP contribution < -0.4 is 18.1 Å². The summed E-state index contributed by atoms with van der Waals surface area (Å²) in [4.78, 5) is 4.66. The van der Waals surface area contributed by atoms with Crippen molar-refractivity contribution < 1.29 is 18.1 Å². The molecule has 0 bridgehead atoms. The molecule has 0 unspecified atom stereocenters. The van der Waals surface area contributed by atoms with Crippen molar-refractivity contribution in [3.05, 3.63) is 65.9 Å². The van der Waals surface area contributed by atoms with Crippen LogP contribution in [0.3, 0.4) is 0 Å². The van der Waals surface area contributed by atoms with E-state index in [0.717, 1.165) is 18.7 Å². The minimum Gasteiger partial charge on any atom is -1.00 e. The van der Waals surface area contributed by atoms with Gasteiger partial charge in [-0.3, -0.25) is 0 Å². The van der Waals surface area contributed by atoms with Gasteiger partial charge in [-0.05, 0) is 29.3 Å². The van der Waals surface area contributed by atoms with E-state index >= 15 is 0 Å². The van der Waals surface area contributed by atoms with Gasteiger partial charge in [0, 0.05) is 34.2 Å². The van der Waals surface area contributed by atoms with Gasteiger partial charge in [0.05, 0.1) is 6.54 Å². The van der Waals surface area contributed by atoms with E-state index in [9.17, 15) is 0 Å². The second-order valence-electron chi connectivity index (χ2n) is 4.90. The molecular formula is C17H19ClN2S. The number of benzene rings is 2. The Morgan fingerprint density at radius 2 is 1.86 bits per heavy atom. The number of H-pyrrole nitrogens is 1. The normalized spacial score (nSPS) is 10.5. The zero-order chi connectivity index (χ0) is 13.8. The second kappa shape index (κ2) is 7.55. The van der Waals surface area contributed by atoms with Crippen molar-refractivity contribution in [2.45, 2.75) is 17.1 Å². The molecule has 3 rings (SSSR count). The maximum absolute atomic E-state index is 3.95. The van der Waals surface area contributed by atoms with Gasteiger partial charge < -0.3 is 23.1 Å². The zero-order valence-electron chi connectivity index (χ0n) is 11.8. The molecule has 0 saturated carbocycles. The lowest BCUT2D eigenvalue weighted by Gasteiger charge is -2.03. The molecular weight excluding hydrogens is 300 g/mol. The minimum absolute atomic E-state index is 0. The van der Waals surface area contributed by atoms with Crippen molar-refractivity contribution in [1.82, 2.24) is 4.98 Å². The van der Waals surface area contributed by atoms with Gasteiger partial charge in [-0.25, -0.2) is 0 Å². The number of quaternary nitrogens is 1. The molecule has 2 aromatic carbocycles. The number of halogens is 1. The Labute approximate surface area is 135 Å². The van der Waals surface area contributed by atoms with E-state index < -0.39 is 0 Å². The Balaban J connectivity index is 0.00000161. The van der Waals surface area contributed by atoms with Crippen LogP contribution in [0.15, 0.2) is 59.6 Å². The second-order valence-corrected chi connectivity index (χ2v) is 5.95. The number of aromatic amines is 1. The summed E-state index contributed by atoms with van der Waals surface area (Å²) in [6.45, 7) is 0.939. The van der Waals surface area contributed by atoms with Gasteiger partial charge in [-0.2, -0.15) is 0 Å². The summed E-state index contributed by atoms with van der Waals surface area (Å²) >= 11 is 1.89. The summed E-state index contributed by atoms with van der Waals surface area (Å²) in [5.74, 6) is 1.02. The summed E-state index contributed by atoms with van der Waals surface area (Å²) in [6, 6.07) is 17.3. The summed E-state index contributed by atoms with van der Waals surface area (Å²) in [7, 11) is 0. The molecule has 0 amide bonds. The summed E-state index contributed by atoms with van der Waals surface area (Å²) in [5, 5.41) is 1.34. The highest BCUT2D eigenvalue weighted by molar-refractivity contribution is 7.98. The molecule has 2 nitrogen and oxygen atoms in total. The summed E-state index contributed by atoms with van der Waals surface area (Å²) in [5.41, 5.74) is 7.90. The van der Waals surface area contributed by atoms with Gasteiger partial charge in [-0.1, -0.05) is 30.3 Å². The molecule has 21 heavy (non-hydrogen) atoms. The van der Waals surface area contributed by atoms with E-state index in [1.54, 1.807) is 0 Å². The Hall–Kier alpha value is -1.42. The maximum Gasteiger partial charge on any atom is 0.0781 e. The molecule has 4 N–H and O–H groups in total. The standard InChI is InChI=1S/C17H18N2S.ClH/c18-9-8-14-11-19-17-7-6-15(10-16(14)17)20-12-13-4-2-1-3-5-13;/h1-7,10-11,19H,8-9,12,18H2;1H. The molecule has 1 aromatic heterocycles. The van der Waals surface area contributed by atoms with Gasteiger partial charge in [-0.15, -0.1) is 11.8 Å². The number of fused-ring (bicyclic) bond motifs is 1. The smallest absolute Gasteiger partial charge is 0.0781 e. The molecule has 110 valence electrons. The van der Waals surface area contributed by atoms with Crippen molar-refractivity contribution in [2.24, 2.45) is 0 Å². The first-order valence-electron chi connectivity index (χ1n) is 6.93. The molecule has 1 heterocycles. The van der Waals surface area contributed by atoms with Gasteiger partial charge in [0.25, 0.3) is 0 Å². The predicted octanol–water partition coefficient (Wildman–Crippen LogP) is 0.249. The maximum atomic E-state index is 3.95. The fourth-order valence-electron chi connectivity index (χ4n) is 2.39. The Morgan fingerprint density at radius 1 is 1.05 bits per heavy atom. The molecule has 0 aliphatic carbocycles. The lowest BCUT2D eigenvalue weighted by atomic mass is 10.1. The van der Waals surface area contributed by atoms with E-state index in [1.165, 1.54) is 26.9 Å². The minimum atomic E-state index is 0. The van der Waals surface area contributed by atoms with Crippen molar-refractivity contribution in [1.29, 1.82) is 0 Å². The number of hydrogen-bond acceptors (Lipinski definition) is 1. The van der Waals surface area contributed by atoms with Gasteiger partial charge in [0.2, 0.25) is 0 Å². The highest BCUT2D eigenvalue weighted by Gasteiger charge is 2.05. The van der Waals surface area contributed by atoms with E-state index in [0.29, 0.717) is 0 Å². The van der Waals surface area contributed by atoms with Crippen molar-refractivity contribution in [2.75, 3.05) is 6.54 Å². The Kier molecular flexibility index (Phi) is 5.74. The summed E-state index contributed by atoms with van der Waals surface area (Å²) in [6.07, 6.45) is 3.15. The molecule has 0 saturated heterocycles. The van der Waals surface area contributed by atoms with Crippen LogP contribution >= 0.6 is 11.8 Å². The molecule has 0 spiro atoms. The average molecular weight is 319 g/mol. The first-order valence-corrected chi connectivity index (χ1v) is 7.91. The van der Waals surface area contributed by atoms with E-state index in [-0.39, 0.29) is 12.4 Å². The van der Waals surface area contributed by atoms with Crippen LogP contribution in [0, 0.1) is 0 Å². The first-order chi connectivity index (χ1) is 9.86. The third-order valence-corrected chi connectivity index (χ3v) is 4.50. The number of nitrogens with one attached hydrogen (secondary N) is 1. The molecule has 3 aromatic rings. The molecule has 0 radical (unpaired) electrons. The topological polar surface area (TPSA) is 43.4 Å². The average Bonchev–Trinajstić information content (AvgIpc) is 2.89. The molecule has 4 heteroatoms. The monoisotopic (exact) mass is 318 g/mol. The molecule has 0 atom stereocenters. The fraction of sp³-hybridized carbons (Fsp3) is 0.176. The fourth-order valence-corrected chi connectivity index (χ4v) is 3.28. The number of hydrogen-bond donors (Lipinski definition) is 2. The van der Waals surface area contributed by atoms with Crippen LogP contribution in [0.5, 0.6) is 0 Å². The molecule has 0 aliphatic heterocycles. The number of rotatable bonds is 5. The Bertz CT molecular complexity index is 694. The van der Waals surface area contributed by atoms with Crippen LogP contribution in [-0.2, 0) is 12.2 Å². The van der Waals surface area contributed by atoms with Crippen LogP contribution in [0.1, 0.15) is 11.1 Å². The highest BCUT2D eigenvalue weighted by atomic mass is 35.5. The predicted molar refractivity (Wildman–Crippen MR) is 85.8 cm³/mol. The van der Waals surface area contributed by atoms with Crippen LogP contribution in [0.25, 0.3) is 10.9 Å². The van der Waals surface area contributed by atoms with E-state index in [1.807, 2.05) is 11.8 Å². The zero-order valence-corrected chi connectivity index (χ0v) is 13.4. The van der Waals surface area contributed by atoms with Gasteiger partial charge in [0.15, 0.2) is 0 Å². The number of thioether (sulfide) groups is 1. The largest absolute Gasteiger partial charge is 1.00 e. The van der Waals surface area contributed by atoms with Gasteiger partial charge >= 0.3 is 0 Å². The van der Waals surface area contributed by atoms with Crippen LogP contribution in [-0.4, -0.2) is 11.5 Å². The first kappa shape index (κ1) is 16.0. The summed E-state index contributed by atoms with van der Waals surface area (Å²) < 4.78 is 0. The highest BCUT2D eigenvalue weighted by Crippen LogP contribution is 2.28. The number of aromatic nitrogens is 1. The van der Waals surface area contributed by atoms with Crippen molar-refractivity contribution >= 4 is 22.7 Å². The van der Waals surface area contributed by atoms with Crippen molar-refractivity contribution in [3.8, 4) is 0 Å².